The Morgan fingerprint density at radius 2 is 1.63 bits per heavy atom. The SMILES string of the molecule is COC(=O)[C@@H]1Cc2ccc(/C=C/c3c(F)cccc3C(F)(F)F)cc2N(S(=O)(=O)c2cccc(C(F)(F)F)c2)[C@@H]1C. The highest BCUT2D eigenvalue weighted by molar-refractivity contribution is 7.92. The lowest BCUT2D eigenvalue weighted by Gasteiger charge is -2.40. The molecule has 0 bridgehead atoms. The Kier molecular flexibility index (Phi) is 7.96. The molecule has 0 saturated heterocycles. The fraction of sp³-hybridized carbons (Fsp3) is 0.250. The quantitative estimate of drug-likeness (QED) is 0.180. The predicted molar refractivity (Wildman–Crippen MR) is 137 cm³/mol. The van der Waals surface area contributed by atoms with Gasteiger partial charge in [-0.25, -0.2) is 12.8 Å². The van der Waals surface area contributed by atoms with Crippen LogP contribution >= 0.6 is 0 Å². The predicted octanol–water partition coefficient (Wildman–Crippen LogP) is 6.96. The van der Waals surface area contributed by atoms with Crippen LogP contribution in [0.4, 0.5) is 36.4 Å². The molecule has 2 atom stereocenters. The van der Waals surface area contributed by atoms with Crippen molar-refractivity contribution in [2.45, 2.75) is 36.6 Å². The largest absolute Gasteiger partial charge is 0.469 e. The minimum Gasteiger partial charge on any atom is -0.469 e. The molecule has 41 heavy (non-hydrogen) atoms. The maximum Gasteiger partial charge on any atom is 0.417 e. The number of benzene rings is 3. The minimum absolute atomic E-state index is 0.00166. The van der Waals surface area contributed by atoms with Crippen molar-refractivity contribution in [2.24, 2.45) is 5.92 Å². The van der Waals surface area contributed by atoms with E-state index in [-0.39, 0.29) is 17.7 Å². The van der Waals surface area contributed by atoms with E-state index in [0.717, 1.165) is 47.8 Å². The van der Waals surface area contributed by atoms with Crippen LogP contribution in [0.1, 0.15) is 34.7 Å². The van der Waals surface area contributed by atoms with Gasteiger partial charge in [-0.15, -0.1) is 0 Å². The van der Waals surface area contributed by atoms with Gasteiger partial charge in [-0.2, -0.15) is 26.3 Å². The highest BCUT2D eigenvalue weighted by Gasteiger charge is 2.43. The number of halogens is 7. The first-order valence-corrected chi connectivity index (χ1v) is 13.5. The molecule has 3 aromatic carbocycles. The number of methoxy groups -OCH3 is 1. The molecule has 0 aliphatic carbocycles. The van der Waals surface area contributed by atoms with E-state index in [1.165, 1.54) is 25.1 Å². The summed E-state index contributed by atoms with van der Waals surface area (Å²) in [6.07, 6.45) is -7.60. The van der Waals surface area contributed by atoms with E-state index in [9.17, 15) is 43.9 Å². The van der Waals surface area contributed by atoms with Crippen LogP contribution < -0.4 is 4.31 Å². The number of sulfonamides is 1. The minimum atomic E-state index is -4.84. The van der Waals surface area contributed by atoms with Crippen molar-refractivity contribution < 1.29 is 48.7 Å². The third-order valence-electron chi connectivity index (χ3n) is 6.76. The van der Waals surface area contributed by atoms with Crippen LogP contribution in [0.2, 0.25) is 0 Å². The lowest BCUT2D eigenvalue weighted by atomic mass is 9.87. The number of nitrogens with zero attached hydrogens (tertiary/aromatic N) is 1. The zero-order valence-electron chi connectivity index (χ0n) is 21.4. The molecule has 3 aromatic rings. The zero-order chi connectivity index (χ0) is 30.3. The van der Waals surface area contributed by atoms with Crippen molar-refractivity contribution in [1.82, 2.24) is 0 Å². The summed E-state index contributed by atoms with van der Waals surface area (Å²) in [5, 5.41) is 0. The van der Waals surface area contributed by atoms with Crippen LogP contribution in [-0.2, 0) is 38.3 Å². The molecule has 218 valence electrons. The van der Waals surface area contributed by atoms with Crippen molar-refractivity contribution in [3.05, 3.63) is 94.3 Å². The molecule has 13 heteroatoms. The number of rotatable bonds is 5. The van der Waals surface area contributed by atoms with Crippen LogP contribution in [0.3, 0.4) is 0 Å². The highest BCUT2D eigenvalue weighted by Crippen LogP contribution is 2.41. The van der Waals surface area contributed by atoms with E-state index in [2.05, 4.69) is 0 Å². The third-order valence-corrected chi connectivity index (χ3v) is 8.66. The zero-order valence-corrected chi connectivity index (χ0v) is 22.2. The Bertz CT molecular complexity index is 1610. The maximum atomic E-state index is 14.3. The van der Waals surface area contributed by atoms with Crippen LogP contribution in [0.15, 0.2) is 65.6 Å². The molecule has 0 amide bonds. The summed E-state index contributed by atoms with van der Waals surface area (Å²) in [5.41, 5.74) is -2.64. The van der Waals surface area contributed by atoms with Gasteiger partial charge in [0.15, 0.2) is 0 Å². The average molecular weight is 602 g/mol. The van der Waals surface area contributed by atoms with E-state index in [1.807, 2.05) is 0 Å². The van der Waals surface area contributed by atoms with Crippen molar-refractivity contribution in [1.29, 1.82) is 0 Å². The number of esters is 1. The van der Waals surface area contributed by atoms with Crippen molar-refractivity contribution in [3.8, 4) is 0 Å². The second-order valence-electron chi connectivity index (χ2n) is 9.32. The molecule has 0 spiro atoms. The summed E-state index contributed by atoms with van der Waals surface area (Å²) in [7, 11) is -3.59. The molecule has 5 nitrogen and oxygen atoms in total. The molecule has 1 aliphatic heterocycles. The van der Waals surface area contributed by atoms with E-state index >= 15 is 0 Å². The average Bonchev–Trinajstić information content (AvgIpc) is 2.90. The molecule has 0 aromatic heterocycles. The van der Waals surface area contributed by atoms with Gasteiger partial charge in [-0.05, 0) is 60.9 Å². The van der Waals surface area contributed by atoms with Gasteiger partial charge < -0.3 is 4.74 Å². The normalized spacial score (nSPS) is 17.9. The topological polar surface area (TPSA) is 63.7 Å². The number of ether oxygens (including phenoxy) is 1. The lowest BCUT2D eigenvalue weighted by Crippen LogP contribution is -2.49. The number of carbonyl (C=O) groups is 1. The third kappa shape index (κ3) is 5.95. The fourth-order valence-corrected chi connectivity index (χ4v) is 6.48. The second-order valence-corrected chi connectivity index (χ2v) is 11.1. The first-order chi connectivity index (χ1) is 19.1. The number of alkyl halides is 6. The summed E-state index contributed by atoms with van der Waals surface area (Å²) in [4.78, 5) is 11.8. The van der Waals surface area contributed by atoms with Crippen molar-refractivity contribution in [2.75, 3.05) is 11.4 Å². The lowest BCUT2D eigenvalue weighted by molar-refractivity contribution is -0.146. The van der Waals surface area contributed by atoms with Gasteiger partial charge in [0.25, 0.3) is 10.0 Å². The van der Waals surface area contributed by atoms with Crippen molar-refractivity contribution >= 4 is 33.8 Å². The van der Waals surface area contributed by atoms with E-state index < -0.39 is 67.7 Å². The first-order valence-electron chi connectivity index (χ1n) is 12.0. The van der Waals surface area contributed by atoms with Crippen LogP contribution in [0.5, 0.6) is 0 Å². The molecule has 1 aliphatic rings. The summed E-state index contributed by atoms with van der Waals surface area (Å²) in [6.45, 7) is 1.40. The number of hydrogen-bond acceptors (Lipinski definition) is 4. The standard InChI is InChI=1S/C28H22F7NO4S/c1-16-22(26(37)40-2)14-18-11-9-17(10-12-21-23(28(33,34)35)7-4-8-24(21)29)13-25(18)36(16)41(38,39)20-6-3-5-19(15-20)27(30,31)32/h3-13,15-16,22H,14H2,1-2H3/b12-10+/t16-,22-/m1/s1. The Hall–Kier alpha value is -3.87. The molecule has 0 N–H and O–H groups in total. The molecule has 0 radical (unpaired) electrons. The highest BCUT2D eigenvalue weighted by atomic mass is 32.2. The maximum absolute atomic E-state index is 14.3. The second kappa shape index (κ2) is 10.8. The van der Waals surface area contributed by atoms with Crippen molar-refractivity contribution in [3.63, 3.8) is 0 Å². The van der Waals surface area contributed by atoms with E-state index in [1.54, 1.807) is 0 Å². The van der Waals surface area contributed by atoms with Crippen LogP contribution in [0, 0.1) is 11.7 Å². The van der Waals surface area contributed by atoms with Gasteiger partial charge in [0.05, 0.1) is 40.8 Å². The molecule has 0 saturated carbocycles. The summed E-state index contributed by atoms with van der Waals surface area (Å²) >= 11 is 0. The van der Waals surface area contributed by atoms with Gasteiger partial charge in [0, 0.05) is 5.56 Å². The molecular weight excluding hydrogens is 579 g/mol. The van der Waals surface area contributed by atoms with E-state index in [0.29, 0.717) is 23.8 Å². The van der Waals surface area contributed by atoms with Gasteiger partial charge >= 0.3 is 18.3 Å². The van der Waals surface area contributed by atoms with Gasteiger partial charge in [-0.3, -0.25) is 9.10 Å². The summed E-state index contributed by atoms with van der Waals surface area (Å²) in [6, 6.07) is 8.67. The Morgan fingerprint density at radius 3 is 2.27 bits per heavy atom. The Balaban J connectivity index is 1.85. The van der Waals surface area contributed by atoms with Gasteiger partial charge in [0.2, 0.25) is 0 Å². The van der Waals surface area contributed by atoms with Gasteiger partial charge in [-0.1, -0.05) is 36.4 Å². The number of carbonyl (C=O) groups excluding carboxylic acids is 1. The molecular formula is C28H22F7NO4S. The fourth-order valence-electron chi connectivity index (χ4n) is 4.71. The molecule has 4 rings (SSSR count). The monoisotopic (exact) mass is 601 g/mol. The van der Waals surface area contributed by atoms with Crippen LogP contribution in [-0.4, -0.2) is 27.5 Å². The van der Waals surface area contributed by atoms with E-state index in [4.69, 9.17) is 4.74 Å². The summed E-state index contributed by atoms with van der Waals surface area (Å²) < 4.78 is 128. The number of anilines is 1. The smallest absolute Gasteiger partial charge is 0.417 e. The molecule has 1 heterocycles. The summed E-state index contributed by atoms with van der Waals surface area (Å²) in [5.74, 6) is -2.88. The van der Waals surface area contributed by atoms with Crippen LogP contribution in [0.25, 0.3) is 12.2 Å². The number of fused-ring (bicyclic) bond motifs is 1. The van der Waals surface area contributed by atoms with Gasteiger partial charge in [0.1, 0.15) is 5.82 Å². The Morgan fingerprint density at radius 1 is 0.951 bits per heavy atom. The number of hydrogen-bond donors (Lipinski definition) is 0. The molecule has 0 unspecified atom stereocenters. The Labute approximate surface area is 230 Å². The first kappa shape index (κ1) is 30.1. The molecule has 0 fully saturated rings.